The standard InChI is InChI=1S/C20H19N3O6S/c1-28-15-8-3-12(9-16(15)29-2)11-21-22-20-23(13-4-6-14(24)7-5-13)19(27)17(30-20)10-18(25)26/h3-9,11,17,24H,10H2,1-2H3,(H,25,26)/b21-11+,22-20+. The first kappa shape index (κ1) is 21.2. The number of amidine groups is 1. The van der Waals surface area contributed by atoms with Gasteiger partial charge in [0.2, 0.25) is 5.91 Å². The Morgan fingerprint density at radius 3 is 2.50 bits per heavy atom. The normalized spacial score (nSPS) is 17.7. The van der Waals surface area contributed by atoms with Crippen molar-refractivity contribution in [1.82, 2.24) is 0 Å². The van der Waals surface area contributed by atoms with Crippen LogP contribution in [0.15, 0.2) is 52.7 Å². The van der Waals surface area contributed by atoms with Crippen molar-refractivity contribution in [1.29, 1.82) is 0 Å². The van der Waals surface area contributed by atoms with Gasteiger partial charge in [0.15, 0.2) is 16.7 Å². The van der Waals surface area contributed by atoms with E-state index in [1.807, 2.05) is 0 Å². The summed E-state index contributed by atoms with van der Waals surface area (Å²) in [6.07, 6.45) is 1.15. The van der Waals surface area contributed by atoms with Crippen LogP contribution < -0.4 is 14.4 Å². The number of anilines is 1. The number of rotatable bonds is 7. The van der Waals surface area contributed by atoms with E-state index in [0.717, 1.165) is 11.8 Å². The monoisotopic (exact) mass is 429 g/mol. The second-order valence-electron chi connectivity index (χ2n) is 6.14. The van der Waals surface area contributed by atoms with Crippen molar-refractivity contribution in [3.63, 3.8) is 0 Å². The number of hydrogen-bond acceptors (Lipinski definition) is 8. The number of aliphatic carboxylic acids is 1. The number of amides is 1. The zero-order valence-electron chi connectivity index (χ0n) is 16.2. The number of nitrogens with zero attached hydrogens (tertiary/aromatic N) is 3. The molecule has 1 aliphatic rings. The maximum Gasteiger partial charge on any atom is 0.305 e. The van der Waals surface area contributed by atoms with E-state index in [4.69, 9.17) is 14.6 Å². The minimum atomic E-state index is -1.08. The fourth-order valence-corrected chi connectivity index (χ4v) is 3.82. The van der Waals surface area contributed by atoms with Crippen molar-refractivity contribution < 1.29 is 29.3 Å². The van der Waals surface area contributed by atoms with Crippen LogP contribution in [0.25, 0.3) is 0 Å². The molecule has 0 saturated carbocycles. The van der Waals surface area contributed by atoms with Crippen LogP contribution in [0.2, 0.25) is 0 Å². The van der Waals surface area contributed by atoms with Gasteiger partial charge in [0, 0.05) is 0 Å². The number of carbonyl (C=O) groups excluding carboxylic acids is 1. The molecule has 10 heteroatoms. The molecule has 3 rings (SSSR count). The molecular weight excluding hydrogens is 410 g/mol. The van der Waals surface area contributed by atoms with Gasteiger partial charge in [-0.25, -0.2) is 0 Å². The number of thioether (sulfide) groups is 1. The minimum absolute atomic E-state index is 0.0464. The third-order valence-electron chi connectivity index (χ3n) is 4.16. The number of phenols is 1. The molecule has 0 radical (unpaired) electrons. The summed E-state index contributed by atoms with van der Waals surface area (Å²) < 4.78 is 10.4. The highest BCUT2D eigenvalue weighted by atomic mass is 32.2. The van der Waals surface area contributed by atoms with Crippen LogP contribution >= 0.6 is 11.8 Å². The van der Waals surface area contributed by atoms with Gasteiger partial charge in [-0.3, -0.25) is 14.5 Å². The lowest BCUT2D eigenvalue weighted by Gasteiger charge is -2.15. The molecule has 1 aliphatic heterocycles. The van der Waals surface area contributed by atoms with E-state index < -0.39 is 17.1 Å². The molecule has 0 bridgehead atoms. The van der Waals surface area contributed by atoms with Crippen LogP contribution in [-0.2, 0) is 9.59 Å². The maximum atomic E-state index is 12.7. The summed E-state index contributed by atoms with van der Waals surface area (Å²) in [6, 6.07) is 11.2. The number of methoxy groups -OCH3 is 2. The van der Waals surface area contributed by atoms with E-state index in [9.17, 15) is 14.7 Å². The number of carbonyl (C=O) groups is 2. The molecule has 9 nitrogen and oxygen atoms in total. The molecule has 1 unspecified atom stereocenters. The van der Waals surface area contributed by atoms with Gasteiger partial charge < -0.3 is 19.7 Å². The van der Waals surface area contributed by atoms with E-state index in [1.54, 1.807) is 30.3 Å². The molecule has 1 saturated heterocycles. The number of hydrogen-bond donors (Lipinski definition) is 2. The van der Waals surface area contributed by atoms with E-state index in [2.05, 4.69) is 10.2 Å². The van der Waals surface area contributed by atoms with Gasteiger partial charge in [-0.1, -0.05) is 11.8 Å². The Bertz CT molecular complexity index is 1010. The summed E-state index contributed by atoms with van der Waals surface area (Å²) >= 11 is 1.03. The van der Waals surface area contributed by atoms with Crippen molar-refractivity contribution >= 4 is 40.7 Å². The predicted molar refractivity (Wildman–Crippen MR) is 114 cm³/mol. The number of benzene rings is 2. The number of aromatic hydroxyl groups is 1. The molecule has 1 heterocycles. The average molecular weight is 429 g/mol. The molecule has 0 aromatic heterocycles. The highest BCUT2D eigenvalue weighted by Crippen LogP contribution is 2.34. The molecule has 2 aromatic rings. The van der Waals surface area contributed by atoms with Crippen molar-refractivity contribution in [3.05, 3.63) is 48.0 Å². The minimum Gasteiger partial charge on any atom is -0.508 e. The zero-order valence-corrected chi connectivity index (χ0v) is 17.0. The third-order valence-corrected chi connectivity index (χ3v) is 5.29. The van der Waals surface area contributed by atoms with Gasteiger partial charge in [-0.2, -0.15) is 5.10 Å². The molecule has 0 spiro atoms. The fourth-order valence-electron chi connectivity index (χ4n) is 2.74. The van der Waals surface area contributed by atoms with Gasteiger partial charge >= 0.3 is 5.97 Å². The Hall–Kier alpha value is -3.53. The molecule has 2 N–H and O–H groups in total. The predicted octanol–water partition coefficient (Wildman–Crippen LogP) is 2.72. The molecule has 1 amide bonds. The van der Waals surface area contributed by atoms with Crippen LogP contribution in [0.5, 0.6) is 17.2 Å². The lowest BCUT2D eigenvalue weighted by Crippen LogP contribution is -2.32. The van der Waals surface area contributed by atoms with Crippen LogP contribution in [0.3, 0.4) is 0 Å². The Balaban J connectivity index is 1.89. The molecule has 2 aromatic carbocycles. The maximum absolute atomic E-state index is 12.7. The Morgan fingerprint density at radius 2 is 1.87 bits per heavy atom. The molecule has 1 atom stereocenters. The fraction of sp³-hybridized carbons (Fsp3) is 0.200. The highest BCUT2D eigenvalue weighted by Gasteiger charge is 2.40. The molecule has 1 fully saturated rings. The molecule has 0 aliphatic carbocycles. The molecule has 156 valence electrons. The van der Waals surface area contributed by atoms with E-state index in [-0.39, 0.29) is 17.3 Å². The summed E-state index contributed by atoms with van der Waals surface area (Å²) in [4.78, 5) is 25.1. The molecule has 30 heavy (non-hydrogen) atoms. The largest absolute Gasteiger partial charge is 0.508 e. The summed E-state index contributed by atoms with van der Waals surface area (Å²) in [6.45, 7) is 0. The Labute approximate surface area is 176 Å². The first-order valence-corrected chi connectivity index (χ1v) is 9.65. The van der Waals surface area contributed by atoms with Crippen LogP contribution in [0, 0.1) is 0 Å². The second-order valence-corrected chi connectivity index (χ2v) is 7.31. The van der Waals surface area contributed by atoms with Crippen LogP contribution in [-0.4, -0.2) is 52.9 Å². The summed E-state index contributed by atoms with van der Waals surface area (Å²) in [5.41, 5.74) is 1.16. The summed E-state index contributed by atoms with van der Waals surface area (Å²) in [5.74, 6) is -0.334. The Kier molecular flexibility index (Phi) is 6.58. The van der Waals surface area contributed by atoms with Gasteiger partial charge in [0.05, 0.1) is 32.5 Å². The third kappa shape index (κ3) is 4.71. The van der Waals surface area contributed by atoms with Gasteiger partial charge in [0.25, 0.3) is 0 Å². The topological polar surface area (TPSA) is 121 Å². The summed E-state index contributed by atoms with van der Waals surface area (Å²) in [7, 11) is 3.06. The van der Waals surface area contributed by atoms with Gasteiger partial charge in [-0.15, -0.1) is 5.10 Å². The summed E-state index contributed by atoms with van der Waals surface area (Å²) in [5, 5.41) is 26.2. The first-order chi connectivity index (χ1) is 14.4. The SMILES string of the molecule is COc1ccc(/C=N/N=C2/SC(CC(=O)O)C(=O)N2c2ccc(O)cc2)cc1OC. The number of ether oxygens (including phenoxy) is 2. The lowest BCUT2D eigenvalue weighted by atomic mass is 10.2. The Morgan fingerprint density at radius 1 is 1.17 bits per heavy atom. The number of carboxylic acid groups (broad SMARTS) is 1. The van der Waals surface area contributed by atoms with Crippen LogP contribution in [0.4, 0.5) is 5.69 Å². The van der Waals surface area contributed by atoms with Gasteiger partial charge in [0.1, 0.15) is 11.0 Å². The van der Waals surface area contributed by atoms with Crippen LogP contribution in [0.1, 0.15) is 12.0 Å². The van der Waals surface area contributed by atoms with E-state index in [0.29, 0.717) is 22.7 Å². The van der Waals surface area contributed by atoms with Gasteiger partial charge in [-0.05, 0) is 48.0 Å². The van der Waals surface area contributed by atoms with Crippen molar-refractivity contribution in [2.45, 2.75) is 11.7 Å². The zero-order chi connectivity index (χ0) is 21.7. The molecular formula is C20H19N3O6S. The first-order valence-electron chi connectivity index (χ1n) is 8.77. The van der Waals surface area contributed by atoms with Crippen molar-refractivity contribution in [2.75, 3.05) is 19.1 Å². The van der Waals surface area contributed by atoms with Crippen molar-refractivity contribution in [3.8, 4) is 17.2 Å². The van der Waals surface area contributed by atoms with Crippen molar-refractivity contribution in [2.24, 2.45) is 10.2 Å². The number of carboxylic acids is 1. The average Bonchev–Trinajstić information content (AvgIpc) is 3.03. The number of phenolic OH excluding ortho intramolecular Hbond substituents is 1. The lowest BCUT2D eigenvalue weighted by molar-refractivity contribution is -0.138. The quantitative estimate of drug-likeness (QED) is 0.513. The smallest absolute Gasteiger partial charge is 0.305 e. The second kappa shape index (κ2) is 9.31. The van der Waals surface area contributed by atoms with E-state index >= 15 is 0 Å². The van der Waals surface area contributed by atoms with E-state index in [1.165, 1.54) is 37.5 Å². The highest BCUT2D eigenvalue weighted by molar-refractivity contribution is 8.16.